The number of rotatable bonds is 1. The predicted octanol–water partition coefficient (Wildman–Crippen LogP) is -1.58. The lowest BCUT2D eigenvalue weighted by Gasteiger charge is -1.82. The Morgan fingerprint density at radius 2 is 2.33 bits per heavy atom. The fourth-order valence-electron chi connectivity index (χ4n) is 0.415. The van der Waals surface area contributed by atoms with E-state index in [-0.39, 0.29) is 6.17 Å². The highest BCUT2D eigenvalue weighted by Gasteiger charge is 2.29. The van der Waals surface area contributed by atoms with Crippen molar-refractivity contribution in [2.24, 2.45) is 5.73 Å². The molecule has 0 saturated carbocycles. The number of nitrogens with one attached hydrogen (secondary N) is 2. The third kappa shape index (κ3) is 0.518. The van der Waals surface area contributed by atoms with Gasteiger partial charge in [-0.05, 0) is 7.05 Å². The number of hydrogen-bond donors (Lipinski definition) is 3. The van der Waals surface area contributed by atoms with Gasteiger partial charge in [0.15, 0.2) is 0 Å². The van der Waals surface area contributed by atoms with Gasteiger partial charge in [0, 0.05) is 0 Å². The molecular weight excluding hydrogens is 78.1 g/mol. The number of nitrogens with two attached hydrogens (primary N) is 1. The van der Waals surface area contributed by atoms with Gasteiger partial charge in [-0.15, -0.1) is 0 Å². The first-order valence-corrected chi connectivity index (χ1v) is 2.03. The summed E-state index contributed by atoms with van der Waals surface area (Å²) in [5.41, 5.74) is 5.30. The molecule has 3 heteroatoms. The van der Waals surface area contributed by atoms with E-state index >= 15 is 0 Å². The molecule has 0 aromatic rings. The van der Waals surface area contributed by atoms with Gasteiger partial charge in [0.25, 0.3) is 0 Å². The topological polar surface area (TPSA) is 60.0 Å². The number of hydrogen-bond acceptors (Lipinski definition) is 3. The minimum Gasteiger partial charge on any atom is -0.313 e. The van der Waals surface area contributed by atoms with Gasteiger partial charge in [0.1, 0.15) is 0 Å². The average Bonchev–Trinajstić information content (AvgIpc) is 2.19. The van der Waals surface area contributed by atoms with Crippen LogP contribution in [0.2, 0.25) is 0 Å². The minimum absolute atomic E-state index is 0.204. The normalized spacial score (nSPS) is 43.0. The van der Waals surface area contributed by atoms with Crippen molar-refractivity contribution in [2.75, 3.05) is 7.05 Å². The molecule has 1 fully saturated rings. The summed E-state index contributed by atoms with van der Waals surface area (Å²) in [6.45, 7) is 0. The van der Waals surface area contributed by atoms with Gasteiger partial charge >= 0.3 is 0 Å². The summed E-state index contributed by atoms with van der Waals surface area (Å²) in [6.07, 6.45) is 0.583. The molecule has 0 amide bonds. The largest absolute Gasteiger partial charge is 0.313 e. The van der Waals surface area contributed by atoms with Gasteiger partial charge in [-0.1, -0.05) is 0 Å². The van der Waals surface area contributed by atoms with Gasteiger partial charge in [-0.3, -0.25) is 5.32 Å². The first kappa shape index (κ1) is 4.05. The molecule has 0 radical (unpaired) electrons. The zero-order chi connectivity index (χ0) is 4.57. The molecule has 2 atom stereocenters. The highest BCUT2D eigenvalue weighted by molar-refractivity contribution is 4.88. The third-order valence-electron chi connectivity index (χ3n) is 0.933. The fraction of sp³-hybridized carbons (Fsp3) is 1.00. The van der Waals surface area contributed by atoms with E-state index in [1.165, 1.54) is 0 Å². The van der Waals surface area contributed by atoms with Crippen LogP contribution in [-0.2, 0) is 0 Å². The Hall–Kier alpha value is -0.120. The van der Waals surface area contributed by atoms with Crippen LogP contribution in [0.5, 0.6) is 0 Å². The van der Waals surface area contributed by atoms with Crippen LogP contribution >= 0.6 is 0 Å². The van der Waals surface area contributed by atoms with Crippen LogP contribution in [0.4, 0.5) is 0 Å². The van der Waals surface area contributed by atoms with Gasteiger partial charge in [-0.25, -0.2) is 0 Å². The van der Waals surface area contributed by atoms with E-state index in [1.807, 2.05) is 7.05 Å². The number of likely N-dealkylation sites (N-methyl/N-ethyl adjacent to an activating group) is 1. The second-order valence-corrected chi connectivity index (χ2v) is 1.46. The van der Waals surface area contributed by atoms with Gasteiger partial charge in [-0.2, -0.15) is 0 Å². The van der Waals surface area contributed by atoms with Crippen molar-refractivity contribution in [3.8, 4) is 0 Å². The van der Waals surface area contributed by atoms with Crippen LogP contribution in [0.3, 0.4) is 0 Å². The molecule has 36 valence electrons. The minimum atomic E-state index is 0.204. The zero-order valence-corrected chi connectivity index (χ0v) is 3.73. The van der Waals surface area contributed by atoms with Crippen molar-refractivity contribution in [3.63, 3.8) is 0 Å². The summed E-state index contributed by atoms with van der Waals surface area (Å²) in [6, 6.07) is 0. The molecule has 1 aliphatic rings. The van der Waals surface area contributed by atoms with E-state index in [9.17, 15) is 0 Å². The van der Waals surface area contributed by atoms with E-state index < -0.39 is 0 Å². The molecule has 1 saturated heterocycles. The molecular formula is C3H9N3. The van der Waals surface area contributed by atoms with Crippen molar-refractivity contribution < 1.29 is 0 Å². The Balaban J connectivity index is 2.09. The lowest BCUT2D eigenvalue weighted by Crippen LogP contribution is -2.17. The lowest BCUT2D eigenvalue weighted by atomic mass is 10.7. The highest BCUT2D eigenvalue weighted by atomic mass is 15.4. The second-order valence-electron chi connectivity index (χ2n) is 1.46. The first-order valence-electron chi connectivity index (χ1n) is 2.03. The van der Waals surface area contributed by atoms with E-state index in [4.69, 9.17) is 5.73 Å². The molecule has 1 aliphatic heterocycles. The molecule has 4 N–H and O–H groups in total. The van der Waals surface area contributed by atoms with Crippen LogP contribution in [0.15, 0.2) is 0 Å². The van der Waals surface area contributed by atoms with Crippen LogP contribution in [-0.4, -0.2) is 19.4 Å². The summed E-state index contributed by atoms with van der Waals surface area (Å²) >= 11 is 0. The molecule has 1 rings (SSSR count). The smallest absolute Gasteiger partial charge is 0.0875 e. The third-order valence-corrected chi connectivity index (χ3v) is 0.933. The van der Waals surface area contributed by atoms with Crippen LogP contribution in [0.1, 0.15) is 0 Å². The van der Waals surface area contributed by atoms with E-state index in [0.29, 0.717) is 6.17 Å². The molecule has 6 heavy (non-hydrogen) atoms. The molecule has 1 heterocycles. The molecule has 0 aliphatic carbocycles. The maximum absolute atomic E-state index is 5.30. The fourth-order valence-corrected chi connectivity index (χ4v) is 0.415. The van der Waals surface area contributed by atoms with E-state index in [0.717, 1.165) is 0 Å². The van der Waals surface area contributed by atoms with Crippen LogP contribution in [0, 0.1) is 0 Å². The molecule has 0 aromatic heterocycles. The second kappa shape index (κ2) is 1.18. The Bertz CT molecular complexity index is 52.0. The molecule has 0 aromatic carbocycles. The van der Waals surface area contributed by atoms with Gasteiger partial charge < -0.3 is 11.1 Å². The summed E-state index contributed by atoms with van der Waals surface area (Å²) in [5, 5.41) is 5.90. The van der Waals surface area contributed by atoms with Crippen molar-refractivity contribution in [1.82, 2.24) is 10.6 Å². The highest BCUT2D eigenvalue weighted by Crippen LogP contribution is 1.95. The van der Waals surface area contributed by atoms with Gasteiger partial charge in [0.2, 0.25) is 0 Å². The van der Waals surface area contributed by atoms with Gasteiger partial charge in [0.05, 0.1) is 12.3 Å². The summed E-state index contributed by atoms with van der Waals surface area (Å²) in [4.78, 5) is 0. The van der Waals surface area contributed by atoms with E-state index in [2.05, 4.69) is 10.6 Å². The standard InChI is InChI=1S/C3H9N3/c1-5-3-2(4)6-3/h2-3,5-6H,4H2,1H3/t2-,3?/m1/s1. The average molecular weight is 87.1 g/mol. The summed E-state index contributed by atoms with van der Waals surface area (Å²) in [7, 11) is 1.88. The Labute approximate surface area is 36.9 Å². The summed E-state index contributed by atoms with van der Waals surface area (Å²) < 4.78 is 0. The maximum Gasteiger partial charge on any atom is 0.0875 e. The van der Waals surface area contributed by atoms with Crippen molar-refractivity contribution in [1.29, 1.82) is 0 Å². The first-order chi connectivity index (χ1) is 2.84. The molecule has 0 bridgehead atoms. The molecule has 0 spiro atoms. The maximum atomic E-state index is 5.30. The Morgan fingerprint density at radius 1 is 1.83 bits per heavy atom. The molecule has 1 unspecified atom stereocenters. The summed E-state index contributed by atoms with van der Waals surface area (Å²) in [5.74, 6) is 0. The van der Waals surface area contributed by atoms with Crippen molar-refractivity contribution in [2.45, 2.75) is 12.3 Å². The predicted molar refractivity (Wildman–Crippen MR) is 24.0 cm³/mol. The monoisotopic (exact) mass is 87.1 g/mol. The van der Waals surface area contributed by atoms with Crippen LogP contribution < -0.4 is 16.4 Å². The van der Waals surface area contributed by atoms with Crippen molar-refractivity contribution >= 4 is 0 Å². The molecule has 3 nitrogen and oxygen atoms in total. The SMILES string of the molecule is CNC1N[C@H]1N. The van der Waals surface area contributed by atoms with E-state index in [1.54, 1.807) is 0 Å². The lowest BCUT2D eigenvalue weighted by molar-refractivity contribution is 0.768. The quantitative estimate of drug-likeness (QED) is 0.338. The Morgan fingerprint density at radius 3 is 2.33 bits per heavy atom. The van der Waals surface area contributed by atoms with Crippen LogP contribution in [0.25, 0.3) is 0 Å². The Kier molecular flexibility index (Phi) is 0.799. The van der Waals surface area contributed by atoms with Crippen molar-refractivity contribution in [3.05, 3.63) is 0 Å². The zero-order valence-electron chi connectivity index (χ0n) is 3.73.